The molecule has 0 aliphatic carbocycles. The molecule has 0 amide bonds. The molecule has 5 aromatic carbocycles. The zero-order valence-electron chi connectivity index (χ0n) is 40.2. The van der Waals surface area contributed by atoms with Crippen LogP contribution in [0.3, 0.4) is 0 Å². The minimum atomic E-state index is -2.97. The third-order valence-corrected chi connectivity index (χ3v) is 23.7. The molecule has 2 bridgehead atoms. The van der Waals surface area contributed by atoms with Crippen molar-refractivity contribution in [2.45, 2.75) is 127 Å². The van der Waals surface area contributed by atoms with Crippen LogP contribution in [-0.2, 0) is 33.5 Å². The number of halogens is 1. The summed E-state index contributed by atoms with van der Waals surface area (Å²) in [6, 6.07) is 52.3. The Balaban J connectivity index is 1.24. The largest absolute Gasteiger partial charge is 0.459 e. The van der Waals surface area contributed by atoms with Crippen molar-refractivity contribution in [3.63, 3.8) is 0 Å². The molecule has 4 atom stereocenters. The van der Waals surface area contributed by atoms with E-state index in [0.29, 0.717) is 25.7 Å². The molecule has 0 saturated carbocycles. The molecule has 0 N–H and O–H groups in total. The molecule has 1 saturated heterocycles. The highest BCUT2D eigenvalue weighted by atomic mass is 35.5. The van der Waals surface area contributed by atoms with Crippen molar-refractivity contribution >= 4 is 44.6 Å². The second kappa shape index (κ2) is 21.3. The molecule has 1 fully saturated rings. The first-order valence-corrected chi connectivity index (χ1v) is 28.8. The lowest BCUT2D eigenvalue weighted by Crippen LogP contribution is -2.66. The minimum Gasteiger partial charge on any atom is -0.459 e. The smallest absolute Gasteiger partial charge is 0.309 e. The van der Waals surface area contributed by atoms with Crippen LogP contribution in [0.15, 0.2) is 174 Å². The number of fused-ring (bicyclic) bond motifs is 2. The van der Waals surface area contributed by atoms with Gasteiger partial charge in [-0.3, -0.25) is 4.79 Å². The Labute approximate surface area is 401 Å². The van der Waals surface area contributed by atoms with E-state index in [1.807, 2.05) is 54.6 Å². The number of allylic oxidation sites excluding steroid dienone is 3. The summed E-state index contributed by atoms with van der Waals surface area (Å²) >= 11 is 7.04. The molecule has 0 aromatic heterocycles. The van der Waals surface area contributed by atoms with Crippen LogP contribution in [0.25, 0.3) is 0 Å². The van der Waals surface area contributed by atoms with E-state index in [2.05, 4.69) is 164 Å². The average Bonchev–Trinajstić information content (AvgIpc) is 3.69. The van der Waals surface area contributed by atoms with Gasteiger partial charge in [0, 0.05) is 11.5 Å². The molecule has 2 aliphatic heterocycles. The Kier molecular flexibility index (Phi) is 16.0. The number of rotatable bonds is 13. The molecule has 5 aromatic rings. The Morgan fingerprint density at radius 3 is 1.62 bits per heavy atom. The van der Waals surface area contributed by atoms with Gasteiger partial charge in [-0.2, -0.15) is 0 Å². The second-order valence-corrected chi connectivity index (χ2v) is 29.9. The zero-order valence-corrected chi connectivity index (χ0v) is 42.9. The summed E-state index contributed by atoms with van der Waals surface area (Å²) in [5, 5.41) is 2.78. The minimum absolute atomic E-state index is 0.0244. The van der Waals surface area contributed by atoms with Gasteiger partial charge >= 0.3 is 5.97 Å². The first-order chi connectivity index (χ1) is 31.5. The quantitative estimate of drug-likeness (QED) is 0.0507. The first-order valence-electron chi connectivity index (χ1n) is 23.7. The number of carbonyl (C=O) groups is 1. The van der Waals surface area contributed by atoms with Gasteiger partial charge in [0.1, 0.15) is 17.8 Å². The third-order valence-electron chi connectivity index (χ3n) is 13.9. The highest BCUT2D eigenvalue weighted by Gasteiger charge is 2.51. The number of carbonyl (C=O) groups excluding carboxylic acids is 1. The van der Waals surface area contributed by atoms with Crippen molar-refractivity contribution in [1.29, 1.82) is 0 Å². The highest BCUT2D eigenvalue weighted by Crippen LogP contribution is 2.43. The maximum atomic E-state index is 14.7. The zero-order chi connectivity index (χ0) is 47.0. The van der Waals surface area contributed by atoms with E-state index in [-0.39, 0.29) is 41.8 Å². The molecule has 2 heterocycles. The molecular weight excluding hydrogens is 872 g/mol. The number of ether oxygens (including phenoxy) is 3. The molecule has 2 aliphatic rings. The number of benzene rings is 5. The Hall–Kier alpha value is -4.39. The SMILES string of the molecule is CC(C)(C)[Si](C)(C)OC1CC(=O)O[C@@H]2C[C@@H](CC/C(Cl)=C/C/C=C\1CO[Si](c1ccccc1)(c1ccccc1)C(C)(C)C)O[C@@H]2COC(c1ccccc1)(c1ccccc1)c1ccccc1. The van der Waals surface area contributed by atoms with Crippen LogP contribution in [0.2, 0.25) is 23.2 Å². The fourth-order valence-corrected chi connectivity index (χ4v) is 15.4. The predicted molar refractivity (Wildman–Crippen MR) is 274 cm³/mol. The summed E-state index contributed by atoms with van der Waals surface area (Å²) in [7, 11) is -5.43. The summed E-state index contributed by atoms with van der Waals surface area (Å²) < 4.78 is 35.6. The van der Waals surface area contributed by atoms with Crippen LogP contribution >= 0.6 is 11.6 Å². The molecule has 7 rings (SSSR count). The summed E-state index contributed by atoms with van der Waals surface area (Å²) in [4.78, 5) is 14.7. The van der Waals surface area contributed by atoms with Gasteiger partial charge in [0.25, 0.3) is 8.32 Å². The van der Waals surface area contributed by atoms with Gasteiger partial charge in [-0.1, -0.05) is 217 Å². The Bertz CT molecular complexity index is 2240. The fourth-order valence-electron chi connectivity index (χ4n) is 9.36. The lowest BCUT2D eigenvalue weighted by molar-refractivity contribution is -0.157. The molecule has 1 unspecified atom stereocenters. The van der Waals surface area contributed by atoms with Crippen LogP contribution in [0, 0.1) is 0 Å². The number of esters is 1. The lowest BCUT2D eigenvalue weighted by Gasteiger charge is -2.44. The van der Waals surface area contributed by atoms with E-state index in [0.717, 1.165) is 27.3 Å². The van der Waals surface area contributed by atoms with Gasteiger partial charge in [-0.05, 0) is 75.1 Å². The summed E-state index contributed by atoms with van der Waals surface area (Å²) in [6.45, 7) is 18.5. The van der Waals surface area contributed by atoms with Gasteiger partial charge in [-0.25, -0.2) is 0 Å². The van der Waals surface area contributed by atoms with E-state index < -0.39 is 40.5 Å². The Morgan fingerprint density at radius 1 is 0.667 bits per heavy atom. The maximum absolute atomic E-state index is 14.7. The van der Waals surface area contributed by atoms with Crippen LogP contribution < -0.4 is 10.4 Å². The van der Waals surface area contributed by atoms with Gasteiger partial charge in [-0.15, -0.1) is 0 Å². The van der Waals surface area contributed by atoms with Crippen molar-refractivity contribution in [2.75, 3.05) is 13.2 Å². The fraction of sp³-hybridized carbons (Fsp3) is 0.386. The first kappa shape index (κ1) is 49.5. The van der Waals surface area contributed by atoms with E-state index >= 15 is 0 Å². The summed E-state index contributed by atoms with van der Waals surface area (Å²) in [5.41, 5.74) is 2.93. The third kappa shape index (κ3) is 11.1. The van der Waals surface area contributed by atoms with E-state index in [4.69, 9.17) is 34.7 Å². The normalized spacial score (nSPS) is 22.0. The molecule has 9 heteroatoms. The van der Waals surface area contributed by atoms with Gasteiger partial charge in [0.2, 0.25) is 0 Å². The summed E-state index contributed by atoms with van der Waals surface area (Å²) in [6.07, 6.45) is 4.85. The maximum Gasteiger partial charge on any atom is 0.309 e. The van der Waals surface area contributed by atoms with Crippen molar-refractivity contribution in [3.05, 3.63) is 191 Å². The van der Waals surface area contributed by atoms with Gasteiger partial charge in [0.15, 0.2) is 8.32 Å². The average molecular weight is 942 g/mol. The monoisotopic (exact) mass is 940 g/mol. The van der Waals surface area contributed by atoms with Crippen LogP contribution in [0.4, 0.5) is 0 Å². The molecule has 0 spiro atoms. The number of hydrogen-bond acceptors (Lipinski definition) is 6. The van der Waals surface area contributed by atoms with Crippen molar-refractivity contribution in [3.8, 4) is 0 Å². The van der Waals surface area contributed by atoms with Crippen LogP contribution in [-0.4, -0.2) is 60.2 Å². The summed E-state index contributed by atoms with van der Waals surface area (Å²) in [5.74, 6) is -0.333. The molecule has 66 heavy (non-hydrogen) atoms. The molecule has 348 valence electrons. The van der Waals surface area contributed by atoms with Crippen LogP contribution in [0.5, 0.6) is 0 Å². The van der Waals surface area contributed by atoms with E-state index in [1.54, 1.807) is 0 Å². The molecule has 0 radical (unpaired) electrons. The second-order valence-electron chi connectivity index (χ2n) is 20.4. The van der Waals surface area contributed by atoms with Crippen molar-refractivity contribution in [2.24, 2.45) is 0 Å². The molecule has 6 nitrogen and oxygen atoms in total. The van der Waals surface area contributed by atoms with Crippen LogP contribution in [0.1, 0.15) is 90.3 Å². The lowest BCUT2D eigenvalue weighted by atomic mass is 9.80. The van der Waals surface area contributed by atoms with Crippen molar-refractivity contribution in [1.82, 2.24) is 0 Å². The Morgan fingerprint density at radius 2 is 1.15 bits per heavy atom. The number of hydrogen-bond donors (Lipinski definition) is 0. The van der Waals surface area contributed by atoms with Gasteiger partial charge in [0.05, 0.1) is 31.8 Å². The highest BCUT2D eigenvalue weighted by molar-refractivity contribution is 6.99. The van der Waals surface area contributed by atoms with Crippen molar-refractivity contribution < 1.29 is 27.9 Å². The standard InChI is InChI=1S/C57H69ClO6Si2/c1-55(2,3)65(7,8)64-51-40-54(59)63-52-39-48(62-53(52)42-60-57(44-26-14-9-15-27-44,45-28-16-10-17-29-45)46-30-18-11-19-31-46)38-37-47(58)32-24-25-43(51)41-61-66(56(4,5)6,49-33-20-12-21-34-49)50-35-22-13-23-36-50/h9-23,25-36,48,51-53H,24,37-42H2,1-8H3/b43-25-,47-32-/t48-,51?,52-,53-/m1/s1. The van der Waals surface area contributed by atoms with E-state index in [9.17, 15) is 4.79 Å². The topological polar surface area (TPSA) is 63.2 Å². The van der Waals surface area contributed by atoms with Gasteiger partial charge < -0.3 is 23.1 Å². The molecular formula is C57H69ClO6Si2. The van der Waals surface area contributed by atoms with E-state index in [1.165, 1.54) is 10.4 Å². The predicted octanol–water partition coefficient (Wildman–Crippen LogP) is 12.7.